The third-order valence-electron chi connectivity index (χ3n) is 3.60. The number of hydrogen-bond acceptors (Lipinski definition) is 2. The van der Waals surface area contributed by atoms with Crippen LogP contribution in [0.15, 0.2) is 36.4 Å². The summed E-state index contributed by atoms with van der Waals surface area (Å²) in [6.07, 6.45) is 0. The lowest BCUT2D eigenvalue weighted by Gasteiger charge is -2.14. The van der Waals surface area contributed by atoms with Crippen molar-refractivity contribution < 1.29 is 9.53 Å². The molecule has 122 valence electrons. The zero-order valence-electron chi connectivity index (χ0n) is 14.6. The second kappa shape index (κ2) is 7.32. The van der Waals surface area contributed by atoms with Crippen molar-refractivity contribution in [1.82, 2.24) is 0 Å². The quantitative estimate of drug-likeness (QED) is 0.853. The number of hydrogen-bond donors (Lipinski definition) is 1. The Kier molecular flexibility index (Phi) is 5.43. The van der Waals surface area contributed by atoms with Crippen molar-refractivity contribution in [2.24, 2.45) is 5.92 Å². The van der Waals surface area contributed by atoms with Gasteiger partial charge in [-0.1, -0.05) is 37.6 Å². The highest BCUT2D eigenvalue weighted by Crippen LogP contribution is 2.23. The van der Waals surface area contributed by atoms with Gasteiger partial charge in [-0.05, 0) is 56.0 Å². The van der Waals surface area contributed by atoms with Crippen LogP contribution < -0.4 is 10.1 Å². The van der Waals surface area contributed by atoms with Gasteiger partial charge in [0.15, 0.2) is 0 Å². The van der Waals surface area contributed by atoms with Crippen LogP contribution in [0.3, 0.4) is 0 Å². The average Bonchev–Trinajstić information content (AvgIpc) is 2.49. The van der Waals surface area contributed by atoms with Crippen molar-refractivity contribution >= 4 is 11.6 Å². The zero-order valence-corrected chi connectivity index (χ0v) is 14.6. The van der Waals surface area contributed by atoms with Gasteiger partial charge < -0.3 is 10.1 Å². The number of nitrogens with one attached hydrogen (secondary N) is 1. The summed E-state index contributed by atoms with van der Waals surface area (Å²) in [4.78, 5) is 12.5. The predicted octanol–water partition coefficient (Wildman–Crippen LogP) is 4.90. The van der Waals surface area contributed by atoms with E-state index in [0.29, 0.717) is 18.1 Å². The highest BCUT2D eigenvalue weighted by Gasteiger charge is 2.11. The van der Waals surface area contributed by atoms with Gasteiger partial charge in [0, 0.05) is 11.3 Å². The highest BCUT2D eigenvalue weighted by atomic mass is 16.5. The lowest BCUT2D eigenvalue weighted by Crippen LogP contribution is -2.14. The molecule has 3 nitrogen and oxygen atoms in total. The Hall–Kier alpha value is -2.29. The van der Waals surface area contributed by atoms with E-state index >= 15 is 0 Å². The van der Waals surface area contributed by atoms with Crippen LogP contribution >= 0.6 is 0 Å². The summed E-state index contributed by atoms with van der Waals surface area (Å²) in [6, 6.07) is 11.5. The molecule has 0 bridgehead atoms. The minimum absolute atomic E-state index is 0.116. The van der Waals surface area contributed by atoms with Gasteiger partial charge in [0.25, 0.3) is 5.91 Å². The molecule has 0 saturated heterocycles. The number of amides is 1. The molecule has 0 aliphatic heterocycles. The van der Waals surface area contributed by atoms with Crippen LogP contribution in [0.2, 0.25) is 0 Å². The standard InChI is InChI=1S/C20H25NO2/c1-13(2)12-23-18-8-6-7-17(11-18)20(22)21-19-15(4)9-14(3)10-16(19)5/h6-11,13H,12H2,1-5H3,(H,21,22). The van der Waals surface area contributed by atoms with E-state index in [9.17, 15) is 4.79 Å². The molecule has 2 aromatic rings. The second-order valence-corrected chi connectivity index (χ2v) is 6.46. The van der Waals surface area contributed by atoms with Gasteiger partial charge >= 0.3 is 0 Å². The fourth-order valence-electron chi connectivity index (χ4n) is 2.55. The minimum Gasteiger partial charge on any atom is -0.493 e. The number of rotatable bonds is 5. The van der Waals surface area contributed by atoms with Gasteiger partial charge in [0.2, 0.25) is 0 Å². The highest BCUT2D eigenvalue weighted by molar-refractivity contribution is 6.05. The van der Waals surface area contributed by atoms with Crippen molar-refractivity contribution in [1.29, 1.82) is 0 Å². The zero-order chi connectivity index (χ0) is 17.0. The molecule has 0 aliphatic rings. The number of aryl methyl sites for hydroxylation is 3. The average molecular weight is 311 g/mol. The molecule has 0 aliphatic carbocycles. The number of anilines is 1. The molecule has 0 fully saturated rings. The fourth-order valence-corrected chi connectivity index (χ4v) is 2.55. The number of carbonyl (C=O) groups excluding carboxylic acids is 1. The Morgan fingerprint density at radius 2 is 1.74 bits per heavy atom. The van der Waals surface area contributed by atoms with Gasteiger partial charge in [0.05, 0.1) is 6.61 Å². The van der Waals surface area contributed by atoms with Gasteiger partial charge in [0.1, 0.15) is 5.75 Å². The van der Waals surface area contributed by atoms with E-state index in [2.05, 4.69) is 38.2 Å². The summed E-state index contributed by atoms with van der Waals surface area (Å²) in [5.74, 6) is 1.06. The van der Waals surface area contributed by atoms with Gasteiger partial charge in [-0.2, -0.15) is 0 Å². The van der Waals surface area contributed by atoms with Crippen LogP contribution in [0.1, 0.15) is 40.9 Å². The molecule has 0 saturated carbocycles. The maximum absolute atomic E-state index is 12.5. The molecule has 0 spiro atoms. The molecule has 0 aromatic heterocycles. The Morgan fingerprint density at radius 3 is 2.35 bits per heavy atom. The van der Waals surface area contributed by atoms with Crippen LogP contribution in [0.5, 0.6) is 5.75 Å². The fraction of sp³-hybridized carbons (Fsp3) is 0.350. The van der Waals surface area contributed by atoms with E-state index in [1.54, 1.807) is 12.1 Å². The Labute approximate surface area is 138 Å². The van der Waals surface area contributed by atoms with E-state index in [1.807, 2.05) is 26.0 Å². The molecule has 0 heterocycles. The molecule has 0 atom stereocenters. The SMILES string of the molecule is Cc1cc(C)c(NC(=O)c2cccc(OCC(C)C)c2)c(C)c1. The molecule has 0 unspecified atom stereocenters. The molecule has 2 aromatic carbocycles. The summed E-state index contributed by atoms with van der Waals surface area (Å²) >= 11 is 0. The van der Waals surface area contributed by atoms with Gasteiger partial charge in [-0.3, -0.25) is 4.79 Å². The topological polar surface area (TPSA) is 38.3 Å². The Morgan fingerprint density at radius 1 is 1.09 bits per heavy atom. The van der Waals surface area contributed by atoms with Crippen LogP contribution in [-0.4, -0.2) is 12.5 Å². The van der Waals surface area contributed by atoms with Crippen molar-refractivity contribution in [3.63, 3.8) is 0 Å². The molecule has 2 rings (SSSR count). The predicted molar refractivity (Wildman–Crippen MR) is 95.4 cm³/mol. The van der Waals surface area contributed by atoms with Crippen molar-refractivity contribution in [3.8, 4) is 5.75 Å². The van der Waals surface area contributed by atoms with Crippen LogP contribution in [0.25, 0.3) is 0 Å². The number of benzene rings is 2. The first-order chi connectivity index (χ1) is 10.9. The lowest BCUT2D eigenvalue weighted by molar-refractivity contribution is 0.102. The molecule has 3 heteroatoms. The molecule has 1 N–H and O–H groups in total. The maximum atomic E-state index is 12.5. The first kappa shape index (κ1) is 17.1. The van der Waals surface area contributed by atoms with Crippen LogP contribution in [0, 0.1) is 26.7 Å². The van der Waals surface area contributed by atoms with Crippen molar-refractivity contribution in [3.05, 3.63) is 58.7 Å². The monoisotopic (exact) mass is 311 g/mol. The molecular formula is C20H25NO2. The van der Waals surface area contributed by atoms with E-state index in [1.165, 1.54) is 5.56 Å². The number of carbonyl (C=O) groups is 1. The minimum atomic E-state index is -0.116. The Balaban J connectivity index is 2.17. The van der Waals surface area contributed by atoms with Crippen molar-refractivity contribution in [2.45, 2.75) is 34.6 Å². The van der Waals surface area contributed by atoms with E-state index < -0.39 is 0 Å². The smallest absolute Gasteiger partial charge is 0.255 e. The van der Waals surface area contributed by atoms with E-state index in [4.69, 9.17) is 4.74 Å². The summed E-state index contributed by atoms with van der Waals surface area (Å²) in [5.41, 5.74) is 4.83. The first-order valence-electron chi connectivity index (χ1n) is 7.99. The normalized spacial score (nSPS) is 10.7. The largest absolute Gasteiger partial charge is 0.493 e. The third-order valence-corrected chi connectivity index (χ3v) is 3.60. The summed E-state index contributed by atoms with van der Waals surface area (Å²) < 4.78 is 5.69. The number of ether oxygens (including phenoxy) is 1. The first-order valence-corrected chi connectivity index (χ1v) is 7.99. The summed E-state index contributed by atoms with van der Waals surface area (Å²) in [6.45, 7) is 10.9. The van der Waals surface area contributed by atoms with Gasteiger partial charge in [-0.25, -0.2) is 0 Å². The molecule has 1 amide bonds. The van der Waals surface area contributed by atoms with E-state index in [-0.39, 0.29) is 5.91 Å². The maximum Gasteiger partial charge on any atom is 0.255 e. The van der Waals surface area contributed by atoms with Gasteiger partial charge in [-0.15, -0.1) is 0 Å². The van der Waals surface area contributed by atoms with Crippen molar-refractivity contribution in [2.75, 3.05) is 11.9 Å². The summed E-state index contributed by atoms with van der Waals surface area (Å²) in [5, 5.41) is 3.02. The third kappa shape index (κ3) is 4.59. The molecular weight excluding hydrogens is 286 g/mol. The second-order valence-electron chi connectivity index (χ2n) is 6.46. The van der Waals surface area contributed by atoms with Crippen LogP contribution in [0.4, 0.5) is 5.69 Å². The van der Waals surface area contributed by atoms with E-state index in [0.717, 1.165) is 22.6 Å². The lowest BCUT2D eigenvalue weighted by atomic mass is 10.0. The molecule has 0 radical (unpaired) electrons. The Bertz CT molecular complexity index is 682. The van der Waals surface area contributed by atoms with Crippen LogP contribution in [-0.2, 0) is 0 Å². The summed E-state index contributed by atoms with van der Waals surface area (Å²) in [7, 11) is 0. The molecule has 23 heavy (non-hydrogen) atoms.